The van der Waals surface area contributed by atoms with Gasteiger partial charge in [0.1, 0.15) is 5.52 Å². The smallest absolute Gasteiger partial charge is 0.337 e. The van der Waals surface area contributed by atoms with Gasteiger partial charge >= 0.3 is 12.0 Å². The highest BCUT2D eigenvalue weighted by molar-refractivity contribution is 5.93. The van der Waals surface area contributed by atoms with Gasteiger partial charge in [-0.3, -0.25) is 4.90 Å². The van der Waals surface area contributed by atoms with E-state index in [0.29, 0.717) is 36.8 Å². The Morgan fingerprint density at radius 3 is 2.70 bits per heavy atom. The van der Waals surface area contributed by atoms with Gasteiger partial charge < -0.3 is 19.4 Å². The quantitative estimate of drug-likeness (QED) is 0.667. The van der Waals surface area contributed by atoms with Gasteiger partial charge in [0, 0.05) is 31.9 Å². The summed E-state index contributed by atoms with van der Waals surface area (Å²) in [7, 11) is 1.33. The molecule has 2 heterocycles. The summed E-state index contributed by atoms with van der Waals surface area (Å²) >= 11 is 0. The molecule has 1 aliphatic heterocycles. The number of aryl methyl sites for hydroxylation is 1. The third-order valence-electron chi connectivity index (χ3n) is 5.14. The fraction of sp³-hybridized carbons (Fsp3) is 0.318. The molecule has 8 heteroatoms. The van der Waals surface area contributed by atoms with Gasteiger partial charge in [0.2, 0.25) is 5.89 Å². The number of hydrogen-bond acceptors (Lipinski definition) is 6. The molecule has 1 aromatic heterocycles. The molecule has 1 fully saturated rings. The monoisotopic (exact) mass is 408 g/mol. The molecule has 0 bridgehead atoms. The topological polar surface area (TPSA) is 87.9 Å². The van der Waals surface area contributed by atoms with Crippen LogP contribution >= 0.6 is 0 Å². The lowest BCUT2D eigenvalue weighted by molar-refractivity contribution is 0.0600. The number of anilines is 1. The van der Waals surface area contributed by atoms with Gasteiger partial charge in [-0.05, 0) is 42.8 Å². The van der Waals surface area contributed by atoms with Gasteiger partial charge in [-0.25, -0.2) is 14.6 Å². The summed E-state index contributed by atoms with van der Waals surface area (Å²) in [6.07, 6.45) is 0. The molecule has 0 saturated carbocycles. The van der Waals surface area contributed by atoms with Gasteiger partial charge in [-0.15, -0.1) is 0 Å². The predicted molar refractivity (Wildman–Crippen MR) is 112 cm³/mol. The molecule has 8 nitrogen and oxygen atoms in total. The first-order valence-corrected chi connectivity index (χ1v) is 9.84. The lowest BCUT2D eigenvalue weighted by atomic mass is 10.2. The van der Waals surface area contributed by atoms with Crippen LogP contribution in [0.25, 0.3) is 11.1 Å². The summed E-state index contributed by atoms with van der Waals surface area (Å²) in [4.78, 5) is 32.8. The van der Waals surface area contributed by atoms with Gasteiger partial charge in [-0.2, -0.15) is 0 Å². The van der Waals surface area contributed by atoms with E-state index in [9.17, 15) is 9.59 Å². The van der Waals surface area contributed by atoms with E-state index in [-0.39, 0.29) is 6.03 Å². The molecule has 1 aliphatic rings. The number of rotatable bonds is 4. The third-order valence-corrected chi connectivity index (χ3v) is 5.14. The average Bonchev–Trinajstić information content (AvgIpc) is 3.15. The van der Waals surface area contributed by atoms with Gasteiger partial charge in [0.25, 0.3) is 0 Å². The molecule has 4 rings (SSSR count). The number of oxazole rings is 1. The zero-order chi connectivity index (χ0) is 21.1. The van der Waals surface area contributed by atoms with Gasteiger partial charge in [0.05, 0.1) is 19.2 Å². The van der Waals surface area contributed by atoms with E-state index in [1.54, 1.807) is 29.2 Å². The second kappa shape index (κ2) is 8.54. The first kappa shape index (κ1) is 19.9. The highest BCUT2D eigenvalue weighted by atomic mass is 16.5. The Morgan fingerprint density at radius 1 is 1.13 bits per heavy atom. The second-order valence-corrected chi connectivity index (χ2v) is 7.34. The Bertz CT molecular complexity index is 1070. The summed E-state index contributed by atoms with van der Waals surface area (Å²) in [6, 6.07) is 12.5. The van der Waals surface area contributed by atoms with Crippen LogP contribution in [0, 0.1) is 6.92 Å². The van der Waals surface area contributed by atoms with Crippen molar-refractivity contribution in [3.8, 4) is 0 Å². The van der Waals surface area contributed by atoms with Crippen LogP contribution < -0.4 is 5.32 Å². The maximum atomic E-state index is 12.6. The van der Waals surface area contributed by atoms with Crippen LogP contribution in [-0.4, -0.2) is 60.1 Å². The van der Waals surface area contributed by atoms with Crippen molar-refractivity contribution < 1.29 is 18.7 Å². The standard InChI is InChI=1S/C22H24N4O4/c1-15-6-7-18-19(12-15)30-20(24-18)14-25-8-10-26(11-9-25)22(28)23-17-5-3-4-16(13-17)21(27)29-2/h3-7,12-13H,8-11,14H2,1-2H3,(H,23,28). The zero-order valence-corrected chi connectivity index (χ0v) is 17.1. The van der Waals surface area contributed by atoms with E-state index in [2.05, 4.69) is 15.2 Å². The summed E-state index contributed by atoms with van der Waals surface area (Å²) in [5.41, 5.74) is 3.77. The van der Waals surface area contributed by atoms with Crippen LogP contribution in [0.1, 0.15) is 21.8 Å². The van der Waals surface area contributed by atoms with E-state index in [4.69, 9.17) is 9.15 Å². The number of ether oxygens (including phenoxy) is 1. The number of fused-ring (bicyclic) bond motifs is 1. The molecule has 1 saturated heterocycles. The number of esters is 1. The normalized spacial score (nSPS) is 14.7. The van der Waals surface area contributed by atoms with E-state index in [1.165, 1.54) is 7.11 Å². The molecule has 30 heavy (non-hydrogen) atoms. The number of piperazine rings is 1. The molecule has 2 amide bonds. The fourth-order valence-electron chi connectivity index (χ4n) is 3.49. The van der Waals surface area contributed by atoms with Crippen LogP contribution in [0.2, 0.25) is 0 Å². The number of hydrogen-bond donors (Lipinski definition) is 1. The maximum absolute atomic E-state index is 12.6. The van der Waals surface area contributed by atoms with Crippen LogP contribution in [0.4, 0.5) is 10.5 Å². The first-order chi connectivity index (χ1) is 14.5. The minimum Gasteiger partial charge on any atom is -0.465 e. The molecule has 3 aromatic rings. The van der Waals surface area contributed by atoms with Crippen molar-refractivity contribution in [1.82, 2.24) is 14.8 Å². The SMILES string of the molecule is COC(=O)c1cccc(NC(=O)N2CCN(Cc3nc4ccc(C)cc4o3)CC2)c1. The Labute approximate surface area is 174 Å². The highest BCUT2D eigenvalue weighted by Gasteiger charge is 2.22. The second-order valence-electron chi connectivity index (χ2n) is 7.34. The Hall–Kier alpha value is -3.39. The maximum Gasteiger partial charge on any atom is 0.337 e. The van der Waals surface area contributed by atoms with Crippen molar-refractivity contribution in [3.05, 3.63) is 59.5 Å². The molecule has 0 atom stereocenters. The molecule has 156 valence electrons. The number of aromatic nitrogens is 1. The molecule has 0 radical (unpaired) electrons. The molecular weight excluding hydrogens is 384 g/mol. The summed E-state index contributed by atoms with van der Waals surface area (Å²) in [5, 5.41) is 2.85. The van der Waals surface area contributed by atoms with Crippen LogP contribution in [-0.2, 0) is 11.3 Å². The zero-order valence-electron chi connectivity index (χ0n) is 17.1. The molecule has 0 aliphatic carbocycles. The van der Waals surface area contributed by atoms with E-state index in [0.717, 1.165) is 29.8 Å². The Kier molecular flexibility index (Phi) is 5.67. The van der Waals surface area contributed by atoms with Crippen molar-refractivity contribution >= 4 is 28.8 Å². The minimum atomic E-state index is -0.436. The number of urea groups is 1. The number of amides is 2. The number of nitrogens with zero attached hydrogens (tertiary/aromatic N) is 3. The van der Waals surface area contributed by atoms with E-state index in [1.807, 2.05) is 25.1 Å². The number of benzene rings is 2. The lowest BCUT2D eigenvalue weighted by Crippen LogP contribution is -2.49. The number of carbonyl (C=O) groups is 2. The molecular formula is C22H24N4O4. The summed E-state index contributed by atoms with van der Waals surface area (Å²) in [6.45, 7) is 5.30. The third kappa shape index (κ3) is 4.44. The van der Waals surface area contributed by atoms with Crippen LogP contribution in [0.3, 0.4) is 0 Å². The average molecular weight is 408 g/mol. The van der Waals surface area contributed by atoms with Crippen molar-refractivity contribution in [3.63, 3.8) is 0 Å². The highest BCUT2D eigenvalue weighted by Crippen LogP contribution is 2.19. The largest absolute Gasteiger partial charge is 0.465 e. The van der Waals surface area contributed by atoms with Gasteiger partial charge in [0.15, 0.2) is 5.58 Å². The molecule has 0 spiro atoms. The van der Waals surface area contributed by atoms with E-state index < -0.39 is 5.97 Å². The van der Waals surface area contributed by atoms with Crippen molar-refractivity contribution in [2.24, 2.45) is 0 Å². The van der Waals surface area contributed by atoms with Crippen molar-refractivity contribution in [2.75, 3.05) is 38.6 Å². The molecule has 0 unspecified atom stereocenters. The summed E-state index contributed by atoms with van der Waals surface area (Å²) in [5.74, 6) is 0.252. The fourth-order valence-corrected chi connectivity index (χ4v) is 3.49. The Morgan fingerprint density at radius 2 is 1.93 bits per heavy atom. The van der Waals surface area contributed by atoms with Crippen molar-refractivity contribution in [1.29, 1.82) is 0 Å². The van der Waals surface area contributed by atoms with Crippen LogP contribution in [0.5, 0.6) is 0 Å². The van der Waals surface area contributed by atoms with E-state index >= 15 is 0 Å². The number of nitrogens with one attached hydrogen (secondary N) is 1. The summed E-state index contributed by atoms with van der Waals surface area (Å²) < 4.78 is 10.6. The predicted octanol–water partition coefficient (Wildman–Crippen LogP) is 3.27. The molecule has 2 aromatic carbocycles. The Balaban J connectivity index is 1.31. The van der Waals surface area contributed by atoms with Crippen LogP contribution in [0.15, 0.2) is 46.9 Å². The van der Waals surface area contributed by atoms with Gasteiger partial charge in [-0.1, -0.05) is 12.1 Å². The first-order valence-electron chi connectivity index (χ1n) is 9.84. The molecule has 1 N–H and O–H groups in total. The number of methoxy groups -OCH3 is 1. The van der Waals surface area contributed by atoms with Crippen molar-refractivity contribution in [2.45, 2.75) is 13.5 Å². The minimum absolute atomic E-state index is 0.186. The number of carbonyl (C=O) groups excluding carboxylic acids is 2. The lowest BCUT2D eigenvalue weighted by Gasteiger charge is -2.34.